The standard InChI is InChI=1S/C21H16N4O3/c26-20(18-8-4-5-13-22-18)23-16-9-11-17(12-10-16)27-14-19-24-25-21(28-19)15-6-2-1-3-7-15/h1-13H,14H2,(H,23,26). The Morgan fingerprint density at radius 1 is 0.929 bits per heavy atom. The van der Waals surface area contributed by atoms with Crippen molar-refractivity contribution in [3.8, 4) is 17.2 Å². The molecule has 0 aliphatic carbocycles. The molecule has 2 aromatic heterocycles. The van der Waals surface area contributed by atoms with Crippen LogP contribution in [0.2, 0.25) is 0 Å². The Morgan fingerprint density at radius 3 is 2.46 bits per heavy atom. The lowest BCUT2D eigenvalue weighted by molar-refractivity contribution is 0.102. The van der Waals surface area contributed by atoms with Crippen LogP contribution in [-0.4, -0.2) is 21.1 Å². The molecular formula is C21H16N4O3. The molecule has 0 saturated heterocycles. The van der Waals surface area contributed by atoms with Crippen LogP contribution in [0, 0.1) is 0 Å². The number of anilines is 1. The van der Waals surface area contributed by atoms with Crippen LogP contribution in [0.5, 0.6) is 5.75 Å². The fourth-order valence-corrected chi connectivity index (χ4v) is 2.48. The van der Waals surface area contributed by atoms with E-state index in [0.29, 0.717) is 28.9 Å². The summed E-state index contributed by atoms with van der Waals surface area (Å²) in [4.78, 5) is 16.1. The molecule has 0 bridgehead atoms. The van der Waals surface area contributed by atoms with E-state index in [0.717, 1.165) is 5.56 Å². The lowest BCUT2D eigenvalue weighted by atomic mass is 10.2. The zero-order valence-corrected chi connectivity index (χ0v) is 14.8. The Hall–Kier alpha value is -4.00. The highest BCUT2D eigenvalue weighted by atomic mass is 16.5. The molecule has 1 amide bonds. The van der Waals surface area contributed by atoms with Gasteiger partial charge in [-0.3, -0.25) is 9.78 Å². The minimum absolute atomic E-state index is 0.152. The quantitative estimate of drug-likeness (QED) is 0.551. The second-order valence-electron chi connectivity index (χ2n) is 5.85. The minimum Gasteiger partial charge on any atom is -0.484 e. The van der Waals surface area contributed by atoms with Crippen LogP contribution in [0.1, 0.15) is 16.4 Å². The number of carbonyl (C=O) groups is 1. The molecular weight excluding hydrogens is 356 g/mol. The maximum absolute atomic E-state index is 12.1. The van der Waals surface area contributed by atoms with Crippen LogP contribution >= 0.6 is 0 Å². The van der Waals surface area contributed by atoms with Crippen molar-refractivity contribution >= 4 is 11.6 Å². The molecule has 7 nitrogen and oxygen atoms in total. The van der Waals surface area contributed by atoms with Crippen molar-refractivity contribution in [2.75, 3.05) is 5.32 Å². The number of benzene rings is 2. The number of pyridine rings is 1. The van der Waals surface area contributed by atoms with Crippen LogP contribution in [0.15, 0.2) is 83.4 Å². The summed E-state index contributed by atoms with van der Waals surface area (Å²) in [6.45, 7) is 0.152. The van der Waals surface area contributed by atoms with Gasteiger partial charge in [0.05, 0.1) is 0 Å². The molecule has 28 heavy (non-hydrogen) atoms. The molecule has 0 saturated carbocycles. The van der Waals surface area contributed by atoms with Crippen molar-refractivity contribution in [1.82, 2.24) is 15.2 Å². The van der Waals surface area contributed by atoms with Crippen LogP contribution in [0.3, 0.4) is 0 Å². The van der Waals surface area contributed by atoms with E-state index >= 15 is 0 Å². The molecule has 1 N–H and O–H groups in total. The number of nitrogens with zero attached hydrogens (tertiary/aromatic N) is 3. The Bertz CT molecular complexity index is 1050. The van der Waals surface area contributed by atoms with E-state index in [4.69, 9.17) is 9.15 Å². The van der Waals surface area contributed by atoms with Crippen molar-refractivity contribution < 1.29 is 13.9 Å². The molecule has 2 aromatic carbocycles. The number of hydrogen-bond donors (Lipinski definition) is 1. The average Bonchev–Trinajstić information content (AvgIpc) is 3.24. The van der Waals surface area contributed by atoms with Gasteiger partial charge in [-0.25, -0.2) is 0 Å². The summed E-state index contributed by atoms with van der Waals surface area (Å²) in [6, 6.07) is 21.7. The zero-order valence-electron chi connectivity index (χ0n) is 14.8. The third kappa shape index (κ3) is 4.21. The van der Waals surface area contributed by atoms with E-state index in [2.05, 4.69) is 20.5 Å². The molecule has 2 heterocycles. The first-order chi connectivity index (χ1) is 13.8. The number of carbonyl (C=O) groups excluding carboxylic acids is 1. The number of nitrogens with one attached hydrogen (secondary N) is 1. The van der Waals surface area contributed by atoms with E-state index in [-0.39, 0.29) is 12.5 Å². The van der Waals surface area contributed by atoms with Gasteiger partial charge in [-0.2, -0.15) is 0 Å². The highest BCUT2D eigenvalue weighted by molar-refractivity contribution is 6.02. The Balaban J connectivity index is 1.34. The van der Waals surface area contributed by atoms with Crippen molar-refractivity contribution in [2.24, 2.45) is 0 Å². The molecule has 0 atom stereocenters. The molecule has 0 fully saturated rings. The largest absolute Gasteiger partial charge is 0.484 e. The first-order valence-corrected chi connectivity index (χ1v) is 8.61. The fourth-order valence-electron chi connectivity index (χ4n) is 2.48. The molecule has 4 aromatic rings. The highest BCUT2D eigenvalue weighted by Crippen LogP contribution is 2.20. The summed E-state index contributed by atoms with van der Waals surface area (Å²) in [6.07, 6.45) is 1.58. The maximum Gasteiger partial charge on any atom is 0.274 e. The molecule has 0 spiro atoms. The van der Waals surface area contributed by atoms with Crippen molar-refractivity contribution in [3.05, 3.63) is 90.6 Å². The highest BCUT2D eigenvalue weighted by Gasteiger charge is 2.09. The summed E-state index contributed by atoms with van der Waals surface area (Å²) >= 11 is 0. The van der Waals surface area contributed by atoms with E-state index in [1.54, 1.807) is 48.7 Å². The second kappa shape index (κ2) is 8.13. The number of hydrogen-bond acceptors (Lipinski definition) is 6. The van der Waals surface area contributed by atoms with E-state index in [1.165, 1.54) is 0 Å². The van der Waals surface area contributed by atoms with Crippen LogP contribution in [0.4, 0.5) is 5.69 Å². The molecule has 0 aliphatic heterocycles. The van der Waals surface area contributed by atoms with Gasteiger partial charge in [0.2, 0.25) is 5.89 Å². The van der Waals surface area contributed by atoms with Crippen LogP contribution < -0.4 is 10.1 Å². The fraction of sp³-hybridized carbons (Fsp3) is 0.0476. The number of rotatable bonds is 6. The lowest BCUT2D eigenvalue weighted by Gasteiger charge is -2.07. The third-order valence-electron chi connectivity index (χ3n) is 3.86. The summed E-state index contributed by atoms with van der Waals surface area (Å²) in [5.41, 5.74) is 1.86. The first kappa shape index (κ1) is 17.4. The summed E-state index contributed by atoms with van der Waals surface area (Å²) < 4.78 is 11.3. The second-order valence-corrected chi connectivity index (χ2v) is 5.85. The normalized spacial score (nSPS) is 10.4. The Labute approximate surface area is 161 Å². The van der Waals surface area contributed by atoms with Crippen molar-refractivity contribution in [1.29, 1.82) is 0 Å². The summed E-state index contributed by atoms with van der Waals surface area (Å²) in [5.74, 6) is 1.18. The smallest absolute Gasteiger partial charge is 0.274 e. The molecule has 7 heteroatoms. The lowest BCUT2D eigenvalue weighted by Crippen LogP contribution is -2.13. The number of amides is 1. The van der Waals surface area contributed by atoms with Gasteiger partial charge in [0.15, 0.2) is 6.61 Å². The number of ether oxygens (including phenoxy) is 1. The predicted octanol–water partition coefficient (Wildman–Crippen LogP) is 3.96. The van der Waals surface area contributed by atoms with Crippen LogP contribution in [-0.2, 0) is 6.61 Å². The van der Waals surface area contributed by atoms with Crippen molar-refractivity contribution in [2.45, 2.75) is 6.61 Å². The molecule has 0 radical (unpaired) electrons. The monoisotopic (exact) mass is 372 g/mol. The van der Waals surface area contributed by atoms with Gasteiger partial charge < -0.3 is 14.5 Å². The van der Waals surface area contributed by atoms with E-state index in [1.807, 2.05) is 30.3 Å². The zero-order chi connectivity index (χ0) is 19.2. The van der Waals surface area contributed by atoms with E-state index in [9.17, 15) is 4.79 Å². The van der Waals surface area contributed by atoms with E-state index < -0.39 is 0 Å². The SMILES string of the molecule is O=C(Nc1ccc(OCc2nnc(-c3ccccc3)o2)cc1)c1ccccn1. The summed E-state index contributed by atoms with van der Waals surface area (Å²) in [5, 5.41) is 10.8. The average molecular weight is 372 g/mol. The van der Waals surface area contributed by atoms with Gasteiger partial charge in [0, 0.05) is 17.4 Å². The van der Waals surface area contributed by atoms with Gasteiger partial charge in [-0.15, -0.1) is 10.2 Å². The van der Waals surface area contributed by atoms with Crippen molar-refractivity contribution in [3.63, 3.8) is 0 Å². The summed E-state index contributed by atoms with van der Waals surface area (Å²) in [7, 11) is 0. The van der Waals surface area contributed by atoms with Gasteiger partial charge in [-0.05, 0) is 48.5 Å². The van der Waals surface area contributed by atoms with Gasteiger partial charge in [0.25, 0.3) is 11.8 Å². The topological polar surface area (TPSA) is 90.1 Å². The predicted molar refractivity (Wildman–Crippen MR) is 103 cm³/mol. The van der Waals surface area contributed by atoms with Crippen LogP contribution in [0.25, 0.3) is 11.5 Å². The Kier molecular flexibility index (Phi) is 5.06. The molecule has 138 valence electrons. The number of aromatic nitrogens is 3. The Morgan fingerprint density at radius 2 is 1.71 bits per heavy atom. The molecule has 0 unspecified atom stereocenters. The maximum atomic E-state index is 12.1. The van der Waals surface area contributed by atoms with Gasteiger partial charge >= 0.3 is 0 Å². The van der Waals surface area contributed by atoms with Gasteiger partial charge in [-0.1, -0.05) is 24.3 Å². The van der Waals surface area contributed by atoms with Gasteiger partial charge in [0.1, 0.15) is 11.4 Å². The minimum atomic E-state index is -0.270. The first-order valence-electron chi connectivity index (χ1n) is 8.61. The molecule has 0 aliphatic rings. The third-order valence-corrected chi connectivity index (χ3v) is 3.86. The molecule has 4 rings (SSSR count).